The van der Waals surface area contributed by atoms with Gasteiger partial charge in [-0.05, 0) is 65.8 Å². The normalized spacial score (nSPS) is 13.7. The van der Waals surface area contributed by atoms with Gasteiger partial charge in [-0.15, -0.1) is 0 Å². The van der Waals surface area contributed by atoms with Crippen LogP contribution in [0.1, 0.15) is 18.4 Å². The van der Waals surface area contributed by atoms with Crippen LogP contribution in [0.5, 0.6) is 0 Å². The molecular formula is C27H23F4N5O. The van der Waals surface area contributed by atoms with Crippen LogP contribution in [0.2, 0.25) is 0 Å². The lowest BCUT2D eigenvalue weighted by atomic mass is 9.98. The van der Waals surface area contributed by atoms with Gasteiger partial charge in [0.25, 0.3) is 0 Å². The van der Waals surface area contributed by atoms with Crippen molar-refractivity contribution >= 4 is 39.8 Å². The summed E-state index contributed by atoms with van der Waals surface area (Å²) in [6.45, 7) is 1.87. The summed E-state index contributed by atoms with van der Waals surface area (Å²) in [4.78, 5) is 19.2. The maximum atomic E-state index is 14.0. The predicted octanol–water partition coefficient (Wildman–Crippen LogP) is 6.89. The molecule has 0 saturated carbocycles. The molecule has 1 fully saturated rings. The van der Waals surface area contributed by atoms with Gasteiger partial charge in [0.05, 0.1) is 11.3 Å². The number of nitrogens with one attached hydrogen (secondary N) is 2. The van der Waals surface area contributed by atoms with Crippen molar-refractivity contribution in [1.29, 1.82) is 0 Å². The molecule has 0 bridgehead atoms. The molecule has 4 N–H and O–H groups in total. The Bertz CT molecular complexity index is 1460. The fourth-order valence-electron chi connectivity index (χ4n) is 4.52. The molecule has 1 saturated heterocycles. The van der Waals surface area contributed by atoms with Crippen LogP contribution >= 0.6 is 0 Å². The van der Waals surface area contributed by atoms with E-state index in [-0.39, 0.29) is 0 Å². The number of pyridine rings is 1. The van der Waals surface area contributed by atoms with Gasteiger partial charge in [0.15, 0.2) is 0 Å². The van der Waals surface area contributed by atoms with Gasteiger partial charge in [-0.3, -0.25) is 0 Å². The highest BCUT2D eigenvalue weighted by Crippen LogP contribution is 2.36. The van der Waals surface area contributed by atoms with Gasteiger partial charge in [0.2, 0.25) is 0 Å². The number of amides is 2. The lowest BCUT2D eigenvalue weighted by molar-refractivity contribution is -0.137. The average Bonchev–Trinajstić information content (AvgIpc) is 3.39. The largest absolute Gasteiger partial charge is 0.416 e. The highest BCUT2D eigenvalue weighted by Gasteiger charge is 2.31. The van der Waals surface area contributed by atoms with E-state index in [0.29, 0.717) is 29.7 Å². The SMILES string of the molecule is Nc1cc2c(-c3ccc(NC(=O)Nc4cc(C(F)(F)F)ccc4F)cc3)cccc2c(N2CCCC2)n1. The second-order valence-corrected chi connectivity index (χ2v) is 8.81. The number of benzene rings is 3. The standard InChI is InChI=1S/C27H23F4N5O/c28-22-11-8-17(27(29,30)31)14-23(22)34-26(37)33-18-9-6-16(7-10-18)19-4-3-5-20-21(19)15-24(32)35-25(20)36-12-1-2-13-36/h3-11,14-15H,1-2,12-13H2,(H2,32,35)(H2,33,34,37). The maximum Gasteiger partial charge on any atom is 0.416 e. The van der Waals surface area contributed by atoms with Gasteiger partial charge in [0, 0.05) is 24.2 Å². The summed E-state index contributed by atoms with van der Waals surface area (Å²) in [7, 11) is 0. The van der Waals surface area contributed by atoms with Crippen LogP contribution in [0.15, 0.2) is 66.7 Å². The summed E-state index contributed by atoms with van der Waals surface area (Å²) in [6, 6.07) is 15.7. The minimum Gasteiger partial charge on any atom is -0.384 e. The number of fused-ring (bicyclic) bond motifs is 1. The molecule has 0 atom stereocenters. The second kappa shape index (κ2) is 9.61. The molecule has 190 valence electrons. The van der Waals surface area contributed by atoms with Crippen LogP contribution in [-0.4, -0.2) is 24.1 Å². The molecule has 6 nitrogen and oxygen atoms in total. The van der Waals surface area contributed by atoms with Crippen LogP contribution in [0.4, 0.5) is 45.4 Å². The number of halogens is 4. The number of carbonyl (C=O) groups excluding carboxylic acids is 1. The maximum absolute atomic E-state index is 14.0. The Morgan fingerprint density at radius 1 is 0.919 bits per heavy atom. The van der Waals surface area contributed by atoms with E-state index in [0.717, 1.165) is 53.6 Å². The monoisotopic (exact) mass is 509 g/mol. The molecule has 1 aromatic heterocycles. The molecule has 1 aliphatic rings. The van der Waals surface area contributed by atoms with E-state index in [4.69, 9.17) is 5.73 Å². The quantitative estimate of drug-likeness (QED) is 0.262. The van der Waals surface area contributed by atoms with E-state index in [9.17, 15) is 22.4 Å². The van der Waals surface area contributed by atoms with Gasteiger partial charge >= 0.3 is 12.2 Å². The molecule has 37 heavy (non-hydrogen) atoms. The number of anilines is 4. The van der Waals surface area contributed by atoms with E-state index in [1.807, 2.05) is 24.3 Å². The fraction of sp³-hybridized carbons (Fsp3) is 0.185. The number of hydrogen-bond acceptors (Lipinski definition) is 4. The van der Waals surface area contributed by atoms with Crippen molar-refractivity contribution in [3.63, 3.8) is 0 Å². The third-order valence-electron chi connectivity index (χ3n) is 6.28. The fourth-order valence-corrected chi connectivity index (χ4v) is 4.52. The zero-order valence-corrected chi connectivity index (χ0v) is 19.6. The molecule has 5 rings (SSSR count). The van der Waals surface area contributed by atoms with E-state index in [1.54, 1.807) is 24.3 Å². The third kappa shape index (κ3) is 5.13. The van der Waals surface area contributed by atoms with Crippen molar-refractivity contribution in [3.05, 3.63) is 78.1 Å². The zero-order chi connectivity index (χ0) is 26.2. The minimum absolute atomic E-state index is 0.382. The summed E-state index contributed by atoms with van der Waals surface area (Å²) in [5.41, 5.74) is 6.71. The topological polar surface area (TPSA) is 83.3 Å². The molecule has 4 aromatic rings. The summed E-state index contributed by atoms with van der Waals surface area (Å²) in [5.74, 6) is 0.321. The molecule has 0 spiro atoms. The number of alkyl halides is 3. The summed E-state index contributed by atoms with van der Waals surface area (Å²) >= 11 is 0. The average molecular weight is 510 g/mol. The molecule has 0 aliphatic carbocycles. The second-order valence-electron chi connectivity index (χ2n) is 8.81. The molecule has 1 aliphatic heterocycles. The molecule has 2 heterocycles. The first-order valence-electron chi connectivity index (χ1n) is 11.7. The molecule has 0 unspecified atom stereocenters. The lowest BCUT2D eigenvalue weighted by Gasteiger charge is -2.20. The van der Waals surface area contributed by atoms with Crippen molar-refractivity contribution in [3.8, 4) is 11.1 Å². The Morgan fingerprint density at radius 3 is 2.35 bits per heavy atom. The number of hydrogen-bond donors (Lipinski definition) is 3. The van der Waals surface area contributed by atoms with Gasteiger partial charge in [-0.1, -0.05) is 30.3 Å². The highest BCUT2D eigenvalue weighted by molar-refractivity contribution is 6.04. The Balaban J connectivity index is 1.37. The first-order chi connectivity index (χ1) is 17.7. The molecule has 10 heteroatoms. The summed E-state index contributed by atoms with van der Waals surface area (Å²) in [5, 5.41) is 6.60. The van der Waals surface area contributed by atoms with Gasteiger partial charge in [-0.2, -0.15) is 13.2 Å². The summed E-state index contributed by atoms with van der Waals surface area (Å²) < 4.78 is 52.7. The smallest absolute Gasteiger partial charge is 0.384 e. The molecule has 2 amide bonds. The third-order valence-corrected chi connectivity index (χ3v) is 6.28. The number of nitrogens with zero attached hydrogens (tertiary/aromatic N) is 2. The van der Waals surface area contributed by atoms with Gasteiger partial charge in [-0.25, -0.2) is 14.2 Å². The van der Waals surface area contributed by atoms with E-state index in [1.165, 1.54) is 0 Å². The first-order valence-corrected chi connectivity index (χ1v) is 11.7. The van der Waals surface area contributed by atoms with Crippen LogP contribution in [0.25, 0.3) is 21.9 Å². The van der Waals surface area contributed by atoms with Crippen molar-refractivity contribution in [2.45, 2.75) is 19.0 Å². The van der Waals surface area contributed by atoms with Crippen LogP contribution in [0, 0.1) is 5.82 Å². The number of nitrogen functional groups attached to an aromatic ring is 1. The zero-order valence-electron chi connectivity index (χ0n) is 19.6. The number of aromatic nitrogens is 1. The number of carbonyl (C=O) groups is 1. The van der Waals surface area contributed by atoms with E-state index < -0.39 is 29.3 Å². The lowest BCUT2D eigenvalue weighted by Crippen LogP contribution is -2.20. The Hall–Kier alpha value is -4.34. The van der Waals surface area contributed by atoms with Gasteiger partial charge in [0.1, 0.15) is 17.5 Å². The predicted molar refractivity (Wildman–Crippen MR) is 137 cm³/mol. The molecule has 3 aromatic carbocycles. The number of rotatable bonds is 4. The molecule has 0 radical (unpaired) electrons. The van der Waals surface area contributed by atoms with Crippen molar-refractivity contribution in [1.82, 2.24) is 4.98 Å². The molecular weight excluding hydrogens is 486 g/mol. The van der Waals surface area contributed by atoms with Crippen LogP contribution in [-0.2, 0) is 6.18 Å². The van der Waals surface area contributed by atoms with Crippen molar-refractivity contribution in [2.75, 3.05) is 34.4 Å². The first kappa shape index (κ1) is 24.4. The Kier molecular flexibility index (Phi) is 6.32. The van der Waals surface area contributed by atoms with E-state index in [2.05, 4.69) is 20.5 Å². The van der Waals surface area contributed by atoms with Crippen LogP contribution in [0.3, 0.4) is 0 Å². The van der Waals surface area contributed by atoms with Crippen molar-refractivity contribution < 1.29 is 22.4 Å². The Labute approximate surface area is 210 Å². The van der Waals surface area contributed by atoms with Gasteiger partial charge < -0.3 is 21.3 Å². The number of urea groups is 1. The highest BCUT2D eigenvalue weighted by atomic mass is 19.4. The van der Waals surface area contributed by atoms with Crippen molar-refractivity contribution in [2.24, 2.45) is 0 Å². The Morgan fingerprint density at radius 2 is 1.65 bits per heavy atom. The van der Waals surface area contributed by atoms with Crippen LogP contribution < -0.4 is 21.3 Å². The number of nitrogens with two attached hydrogens (primary N) is 1. The summed E-state index contributed by atoms with van der Waals surface area (Å²) in [6.07, 6.45) is -2.44. The minimum atomic E-state index is -4.66. The van der Waals surface area contributed by atoms with E-state index >= 15 is 0 Å².